The number of pyridine rings is 1. The lowest BCUT2D eigenvalue weighted by molar-refractivity contribution is 0.265. The van der Waals surface area contributed by atoms with Crippen LogP contribution in [0, 0.1) is 5.92 Å². The van der Waals surface area contributed by atoms with Crippen molar-refractivity contribution in [3.63, 3.8) is 0 Å². The summed E-state index contributed by atoms with van der Waals surface area (Å²) in [5.74, 6) is 0.945. The van der Waals surface area contributed by atoms with E-state index in [1.165, 1.54) is 31.2 Å². The van der Waals surface area contributed by atoms with Crippen LogP contribution in [0.3, 0.4) is 0 Å². The molecule has 1 aromatic rings. The van der Waals surface area contributed by atoms with Gasteiger partial charge in [-0.25, -0.2) is 0 Å². The van der Waals surface area contributed by atoms with Crippen LogP contribution in [-0.2, 0) is 0 Å². The van der Waals surface area contributed by atoms with Crippen LogP contribution in [0.2, 0.25) is 0 Å². The Morgan fingerprint density at radius 2 is 2.14 bits per heavy atom. The van der Waals surface area contributed by atoms with Gasteiger partial charge in [-0.05, 0) is 37.1 Å². The van der Waals surface area contributed by atoms with Crippen molar-refractivity contribution in [1.82, 2.24) is 10.3 Å². The fourth-order valence-corrected chi connectivity index (χ4v) is 2.08. The summed E-state index contributed by atoms with van der Waals surface area (Å²) >= 11 is 0. The van der Waals surface area contributed by atoms with Crippen molar-refractivity contribution in [2.75, 3.05) is 7.05 Å². The lowest BCUT2D eigenvalue weighted by Crippen LogP contribution is -2.23. The molecule has 2 heteroatoms. The van der Waals surface area contributed by atoms with E-state index in [2.05, 4.69) is 22.4 Å². The van der Waals surface area contributed by atoms with Crippen molar-refractivity contribution in [3.05, 3.63) is 30.1 Å². The fraction of sp³-hybridized carbons (Fsp3) is 0.583. The standard InChI is InChI=1S/C12H18N2/c1-13-12(9-10-3-2-4-10)11-5-7-14-8-6-11/h5-8,10,12-13H,2-4,9H2,1H3. The van der Waals surface area contributed by atoms with Gasteiger partial charge in [0.15, 0.2) is 0 Å². The Hall–Kier alpha value is -0.890. The molecular formula is C12H18N2. The summed E-state index contributed by atoms with van der Waals surface area (Å²) in [6.07, 6.45) is 9.30. The summed E-state index contributed by atoms with van der Waals surface area (Å²) in [5.41, 5.74) is 1.37. The molecule has 1 heterocycles. The van der Waals surface area contributed by atoms with Crippen molar-refractivity contribution in [2.24, 2.45) is 5.92 Å². The minimum atomic E-state index is 0.517. The third-order valence-electron chi connectivity index (χ3n) is 3.25. The summed E-state index contributed by atoms with van der Waals surface area (Å²) in [4.78, 5) is 4.05. The first-order chi connectivity index (χ1) is 6.90. The van der Waals surface area contributed by atoms with Gasteiger partial charge in [0.05, 0.1) is 0 Å². The van der Waals surface area contributed by atoms with E-state index in [1.807, 2.05) is 19.4 Å². The van der Waals surface area contributed by atoms with Crippen LogP contribution in [-0.4, -0.2) is 12.0 Å². The van der Waals surface area contributed by atoms with E-state index in [4.69, 9.17) is 0 Å². The number of aromatic nitrogens is 1. The minimum Gasteiger partial charge on any atom is -0.313 e. The van der Waals surface area contributed by atoms with Crippen molar-refractivity contribution in [1.29, 1.82) is 0 Å². The molecule has 1 saturated carbocycles. The zero-order valence-corrected chi connectivity index (χ0v) is 8.74. The predicted molar refractivity (Wildman–Crippen MR) is 58.0 cm³/mol. The van der Waals surface area contributed by atoms with Crippen molar-refractivity contribution in [3.8, 4) is 0 Å². The molecule has 1 fully saturated rings. The molecule has 2 nitrogen and oxygen atoms in total. The summed E-state index contributed by atoms with van der Waals surface area (Å²) < 4.78 is 0. The van der Waals surface area contributed by atoms with Gasteiger partial charge in [-0.2, -0.15) is 0 Å². The molecule has 0 saturated heterocycles. The predicted octanol–water partition coefficient (Wildman–Crippen LogP) is 2.53. The molecule has 0 bridgehead atoms. The molecule has 0 radical (unpaired) electrons. The average Bonchev–Trinajstić information content (AvgIpc) is 2.18. The van der Waals surface area contributed by atoms with Gasteiger partial charge in [-0.15, -0.1) is 0 Å². The van der Waals surface area contributed by atoms with E-state index >= 15 is 0 Å². The number of nitrogens with one attached hydrogen (secondary N) is 1. The molecule has 1 aliphatic carbocycles. The van der Waals surface area contributed by atoms with Crippen molar-refractivity contribution < 1.29 is 0 Å². The zero-order chi connectivity index (χ0) is 9.80. The molecule has 1 unspecified atom stereocenters. The summed E-state index contributed by atoms with van der Waals surface area (Å²) in [6.45, 7) is 0. The van der Waals surface area contributed by atoms with Crippen molar-refractivity contribution in [2.45, 2.75) is 31.7 Å². The van der Waals surface area contributed by atoms with Crippen LogP contribution in [0.25, 0.3) is 0 Å². The second-order valence-corrected chi connectivity index (χ2v) is 4.15. The van der Waals surface area contributed by atoms with E-state index in [9.17, 15) is 0 Å². The van der Waals surface area contributed by atoms with E-state index in [1.54, 1.807) is 0 Å². The van der Waals surface area contributed by atoms with E-state index in [0.717, 1.165) is 5.92 Å². The third kappa shape index (κ3) is 2.13. The summed E-state index contributed by atoms with van der Waals surface area (Å²) in [6, 6.07) is 4.74. The Kier molecular flexibility index (Phi) is 3.14. The van der Waals surface area contributed by atoms with Gasteiger partial charge in [-0.1, -0.05) is 19.3 Å². The van der Waals surface area contributed by atoms with E-state index in [-0.39, 0.29) is 0 Å². The van der Waals surface area contributed by atoms with E-state index in [0.29, 0.717) is 6.04 Å². The Bertz CT molecular complexity index is 267. The molecule has 0 aromatic carbocycles. The Morgan fingerprint density at radius 1 is 1.43 bits per heavy atom. The fourth-order valence-electron chi connectivity index (χ4n) is 2.08. The van der Waals surface area contributed by atoms with Crippen LogP contribution in [0.15, 0.2) is 24.5 Å². The highest BCUT2D eigenvalue weighted by Gasteiger charge is 2.21. The van der Waals surface area contributed by atoms with Crippen molar-refractivity contribution >= 4 is 0 Å². The van der Waals surface area contributed by atoms with Gasteiger partial charge < -0.3 is 5.32 Å². The highest BCUT2D eigenvalue weighted by Crippen LogP contribution is 2.34. The molecule has 0 aliphatic heterocycles. The number of nitrogens with zero attached hydrogens (tertiary/aromatic N) is 1. The Labute approximate surface area is 85.7 Å². The molecule has 1 N–H and O–H groups in total. The molecule has 1 aromatic heterocycles. The Morgan fingerprint density at radius 3 is 2.64 bits per heavy atom. The SMILES string of the molecule is CNC(CC1CCC1)c1ccncc1. The number of rotatable bonds is 4. The molecular weight excluding hydrogens is 172 g/mol. The Balaban J connectivity index is 1.98. The number of hydrogen-bond acceptors (Lipinski definition) is 2. The lowest BCUT2D eigenvalue weighted by atomic mass is 9.80. The highest BCUT2D eigenvalue weighted by atomic mass is 14.9. The van der Waals surface area contributed by atoms with Crippen LogP contribution in [0.5, 0.6) is 0 Å². The molecule has 1 aliphatic rings. The quantitative estimate of drug-likeness (QED) is 0.789. The van der Waals surface area contributed by atoms with Gasteiger partial charge in [0.2, 0.25) is 0 Å². The minimum absolute atomic E-state index is 0.517. The van der Waals surface area contributed by atoms with Crippen LogP contribution < -0.4 is 5.32 Å². The van der Waals surface area contributed by atoms with Gasteiger partial charge in [0.25, 0.3) is 0 Å². The van der Waals surface area contributed by atoms with Crippen LogP contribution in [0.1, 0.15) is 37.3 Å². The molecule has 76 valence electrons. The summed E-state index contributed by atoms with van der Waals surface area (Å²) in [5, 5.41) is 3.39. The monoisotopic (exact) mass is 190 g/mol. The maximum Gasteiger partial charge on any atom is 0.0321 e. The van der Waals surface area contributed by atoms with Gasteiger partial charge in [0.1, 0.15) is 0 Å². The van der Waals surface area contributed by atoms with Crippen LogP contribution in [0.4, 0.5) is 0 Å². The van der Waals surface area contributed by atoms with Crippen LogP contribution >= 0.6 is 0 Å². The average molecular weight is 190 g/mol. The van der Waals surface area contributed by atoms with Gasteiger partial charge in [0, 0.05) is 18.4 Å². The molecule has 14 heavy (non-hydrogen) atoms. The molecule has 1 atom stereocenters. The first-order valence-electron chi connectivity index (χ1n) is 5.47. The third-order valence-corrected chi connectivity index (χ3v) is 3.25. The first kappa shape index (κ1) is 9.66. The normalized spacial score (nSPS) is 18.9. The largest absolute Gasteiger partial charge is 0.313 e. The second kappa shape index (κ2) is 4.56. The van der Waals surface area contributed by atoms with E-state index < -0.39 is 0 Å². The topological polar surface area (TPSA) is 24.9 Å². The lowest BCUT2D eigenvalue weighted by Gasteiger charge is -2.29. The summed E-state index contributed by atoms with van der Waals surface area (Å²) in [7, 11) is 2.05. The van der Waals surface area contributed by atoms with Gasteiger partial charge in [-0.3, -0.25) is 4.98 Å². The molecule has 2 rings (SSSR count). The molecule has 0 spiro atoms. The first-order valence-corrected chi connectivity index (χ1v) is 5.47. The second-order valence-electron chi connectivity index (χ2n) is 4.15. The molecule has 0 amide bonds. The highest BCUT2D eigenvalue weighted by molar-refractivity contribution is 5.15. The number of hydrogen-bond donors (Lipinski definition) is 1. The maximum absolute atomic E-state index is 4.05. The maximum atomic E-state index is 4.05. The van der Waals surface area contributed by atoms with Gasteiger partial charge >= 0.3 is 0 Å². The smallest absolute Gasteiger partial charge is 0.0321 e. The zero-order valence-electron chi connectivity index (χ0n) is 8.74.